The topological polar surface area (TPSA) is 127 Å². The van der Waals surface area contributed by atoms with Gasteiger partial charge in [-0.15, -0.1) is 0 Å². The predicted molar refractivity (Wildman–Crippen MR) is 126 cm³/mol. The Kier molecular flexibility index (Phi) is 5.51. The number of nitro groups is 1. The molecule has 2 fully saturated rings. The Balaban J connectivity index is 0.000000136. The molecule has 2 aromatic heterocycles. The molecule has 32 heavy (non-hydrogen) atoms. The number of nitrogens with zero attached hydrogens (tertiary/aromatic N) is 3. The lowest BCUT2D eigenvalue weighted by molar-refractivity contribution is -0.384. The monoisotopic (exact) mass is 432 g/mol. The van der Waals surface area contributed by atoms with Crippen molar-refractivity contribution in [3.63, 3.8) is 0 Å². The Bertz CT molecular complexity index is 1250. The number of anilines is 1. The third-order valence-electron chi connectivity index (χ3n) is 6.70. The second kappa shape index (κ2) is 8.61. The minimum Gasteiger partial charge on any atom is -0.399 e. The summed E-state index contributed by atoms with van der Waals surface area (Å²) in [6, 6.07) is 10.6. The fourth-order valence-electron chi connectivity index (χ4n) is 4.96. The van der Waals surface area contributed by atoms with Crippen molar-refractivity contribution in [2.75, 3.05) is 5.73 Å². The van der Waals surface area contributed by atoms with Gasteiger partial charge in [0.2, 0.25) is 0 Å². The van der Waals surface area contributed by atoms with Crippen LogP contribution in [0.3, 0.4) is 0 Å². The summed E-state index contributed by atoms with van der Waals surface area (Å²) in [5.41, 5.74) is 10.3. The van der Waals surface area contributed by atoms with Gasteiger partial charge in [-0.05, 0) is 49.9 Å². The van der Waals surface area contributed by atoms with Crippen LogP contribution < -0.4 is 5.73 Å². The number of rotatable bonds is 3. The molecule has 6 rings (SSSR count). The van der Waals surface area contributed by atoms with Crippen molar-refractivity contribution in [3.05, 3.63) is 58.2 Å². The molecule has 0 bridgehead atoms. The van der Waals surface area contributed by atoms with E-state index in [-0.39, 0.29) is 10.6 Å². The van der Waals surface area contributed by atoms with Crippen LogP contribution in [-0.2, 0) is 0 Å². The SMILES string of the molecule is Nc1ccc2nc(C3CCCC3)[nH]c2c1.O=[N+]([O-])c1ccc2nc(C3CCCC3)[nH]c2c1. The summed E-state index contributed by atoms with van der Waals surface area (Å²) in [7, 11) is 0. The van der Waals surface area contributed by atoms with Crippen LogP contribution in [-0.4, -0.2) is 24.9 Å². The summed E-state index contributed by atoms with van der Waals surface area (Å²) < 4.78 is 0. The summed E-state index contributed by atoms with van der Waals surface area (Å²) in [6.07, 6.45) is 10.1. The quantitative estimate of drug-likeness (QED) is 0.210. The van der Waals surface area contributed by atoms with Gasteiger partial charge in [0.05, 0.1) is 27.0 Å². The normalized spacial score (nSPS) is 17.1. The zero-order valence-corrected chi connectivity index (χ0v) is 18.0. The van der Waals surface area contributed by atoms with Gasteiger partial charge in [0.15, 0.2) is 0 Å². The molecule has 0 radical (unpaired) electrons. The standard InChI is InChI=1S/C12H13N3O2.C12H15N3/c16-15(17)9-5-6-10-11(7-9)14-12(13-10)8-3-1-2-4-8;13-9-5-6-10-11(7-9)15-12(14-10)8-3-1-2-4-8/h5-8H,1-4H2,(H,13,14);5-8H,1-4,13H2,(H,14,15). The van der Waals surface area contributed by atoms with Crippen molar-refractivity contribution in [1.82, 2.24) is 19.9 Å². The van der Waals surface area contributed by atoms with Gasteiger partial charge in [0, 0.05) is 29.7 Å². The van der Waals surface area contributed by atoms with E-state index in [4.69, 9.17) is 5.73 Å². The highest BCUT2D eigenvalue weighted by Crippen LogP contribution is 2.34. The van der Waals surface area contributed by atoms with Crippen LogP contribution in [0.1, 0.15) is 74.9 Å². The molecule has 8 heteroatoms. The summed E-state index contributed by atoms with van der Waals surface area (Å²) in [4.78, 5) is 26.0. The second-order valence-electron chi connectivity index (χ2n) is 8.94. The number of aromatic amines is 2. The molecule has 0 aliphatic heterocycles. The van der Waals surface area contributed by atoms with Gasteiger partial charge in [-0.3, -0.25) is 10.1 Å². The third-order valence-corrected chi connectivity index (χ3v) is 6.70. The van der Waals surface area contributed by atoms with Gasteiger partial charge in [-0.1, -0.05) is 25.7 Å². The van der Waals surface area contributed by atoms with Gasteiger partial charge >= 0.3 is 0 Å². The first-order valence-corrected chi connectivity index (χ1v) is 11.5. The van der Waals surface area contributed by atoms with Crippen molar-refractivity contribution in [2.24, 2.45) is 0 Å². The van der Waals surface area contributed by atoms with Crippen LogP contribution in [0.15, 0.2) is 36.4 Å². The summed E-state index contributed by atoms with van der Waals surface area (Å²) in [6.45, 7) is 0. The smallest absolute Gasteiger partial charge is 0.271 e. The number of fused-ring (bicyclic) bond motifs is 2. The molecule has 2 aliphatic rings. The largest absolute Gasteiger partial charge is 0.399 e. The predicted octanol–water partition coefficient (Wildman–Crippen LogP) is 5.93. The highest BCUT2D eigenvalue weighted by molar-refractivity contribution is 5.79. The van der Waals surface area contributed by atoms with E-state index in [2.05, 4.69) is 19.9 Å². The molecule has 2 aliphatic carbocycles. The fraction of sp³-hybridized carbons (Fsp3) is 0.417. The lowest BCUT2D eigenvalue weighted by Crippen LogP contribution is -1.93. The summed E-state index contributed by atoms with van der Waals surface area (Å²) in [5, 5.41) is 10.7. The molecule has 0 unspecified atom stereocenters. The molecule has 4 N–H and O–H groups in total. The zero-order valence-electron chi connectivity index (χ0n) is 18.0. The first-order valence-electron chi connectivity index (χ1n) is 11.5. The number of non-ortho nitro benzene ring substituents is 1. The Morgan fingerprint density at radius 1 is 0.812 bits per heavy atom. The molecule has 166 valence electrons. The van der Waals surface area contributed by atoms with Crippen LogP contribution in [0.25, 0.3) is 22.1 Å². The Hall–Kier alpha value is -3.42. The fourth-order valence-corrected chi connectivity index (χ4v) is 4.96. The zero-order chi connectivity index (χ0) is 22.1. The lowest BCUT2D eigenvalue weighted by atomic mass is 10.1. The molecule has 8 nitrogen and oxygen atoms in total. The Morgan fingerprint density at radius 2 is 1.31 bits per heavy atom. The number of hydrogen-bond acceptors (Lipinski definition) is 5. The van der Waals surface area contributed by atoms with Crippen molar-refractivity contribution < 1.29 is 4.92 Å². The van der Waals surface area contributed by atoms with E-state index in [1.165, 1.54) is 57.4 Å². The number of nitrogens with two attached hydrogens (primary N) is 1. The Morgan fingerprint density at radius 3 is 1.84 bits per heavy atom. The molecule has 2 saturated carbocycles. The molecule has 2 aromatic carbocycles. The van der Waals surface area contributed by atoms with Gasteiger partial charge < -0.3 is 15.7 Å². The van der Waals surface area contributed by atoms with E-state index < -0.39 is 0 Å². The number of nitrogens with one attached hydrogen (secondary N) is 2. The number of H-pyrrole nitrogens is 2. The lowest BCUT2D eigenvalue weighted by Gasteiger charge is -2.02. The highest BCUT2D eigenvalue weighted by Gasteiger charge is 2.21. The average molecular weight is 433 g/mol. The summed E-state index contributed by atoms with van der Waals surface area (Å²) in [5.74, 6) is 3.27. The van der Waals surface area contributed by atoms with Crippen molar-refractivity contribution in [3.8, 4) is 0 Å². The minimum atomic E-state index is -0.379. The van der Waals surface area contributed by atoms with Gasteiger partial charge in [-0.2, -0.15) is 0 Å². The van der Waals surface area contributed by atoms with Crippen LogP contribution in [0.5, 0.6) is 0 Å². The maximum absolute atomic E-state index is 10.7. The number of hydrogen-bond donors (Lipinski definition) is 3. The van der Waals surface area contributed by atoms with E-state index in [0.717, 1.165) is 39.4 Å². The number of benzene rings is 2. The minimum absolute atomic E-state index is 0.110. The maximum atomic E-state index is 10.7. The molecule has 0 spiro atoms. The van der Waals surface area contributed by atoms with Crippen molar-refractivity contribution >= 4 is 33.4 Å². The van der Waals surface area contributed by atoms with Crippen LogP contribution in [0.2, 0.25) is 0 Å². The second-order valence-corrected chi connectivity index (χ2v) is 8.94. The molecular formula is C24H28N6O2. The van der Waals surface area contributed by atoms with E-state index in [0.29, 0.717) is 11.8 Å². The Labute approximate surface area is 185 Å². The van der Waals surface area contributed by atoms with E-state index >= 15 is 0 Å². The average Bonchev–Trinajstić information content (AvgIpc) is 3.59. The summed E-state index contributed by atoms with van der Waals surface area (Å²) >= 11 is 0. The van der Waals surface area contributed by atoms with Gasteiger partial charge in [0.1, 0.15) is 11.6 Å². The number of aromatic nitrogens is 4. The first kappa shape index (κ1) is 20.5. The number of nitrogen functional groups attached to an aromatic ring is 1. The molecule has 0 amide bonds. The molecular weight excluding hydrogens is 404 g/mol. The molecule has 0 saturated heterocycles. The van der Waals surface area contributed by atoms with E-state index in [1.807, 2.05) is 18.2 Å². The van der Waals surface area contributed by atoms with E-state index in [1.54, 1.807) is 12.1 Å². The van der Waals surface area contributed by atoms with E-state index in [9.17, 15) is 10.1 Å². The molecule has 0 atom stereocenters. The maximum Gasteiger partial charge on any atom is 0.271 e. The van der Waals surface area contributed by atoms with Gasteiger partial charge in [-0.25, -0.2) is 9.97 Å². The van der Waals surface area contributed by atoms with Crippen LogP contribution in [0.4, 0.5) is 11.4 Å². The van der Waals surface area contributed by atoms with Crippen molar-refractivity contribution in [1.29, 1.82) is 0 Å². The van der Waals surface area contributed by atoms with Gasteiger partial charge in [0.25, 0.3) is 5.69 Å². The first-order chi connectivity index (χ1) is 15.6. The van der Waals surface area contributed by atoms with Crippen LogP contribution >= 0.6 is 0 Å². The van der Waals surface area contributed by atoms with Crippen LogP contribution in [0, 0.1) is 10.1 Å². The molecule has 2 heterocycles. The third kappa shape index (κ3) is 4.17. The number of nitro benzene ring substituents is 1. The highest BCUT2D eigenvalue weighted by atomic mass is 16.6. The number of imidazole rings is 2. The van der Waals surface area contributed by atoms with Crippen molar-refractivity contribution in [2.45, 2.75) is 63.2 Å². The molecule has 4 aromatic rings.